The molecule has 0 bridgehead atoms. The first-order chi connectivity index (χ1) is 9.20. The van der Waals surface area contributed by atoms with Gasteiger partial charge in [0.25, 0.3) is 0 Å². The number of benzene rings is 1. The molecule has 0 unspecified atom stereocenters. The quantitative estimate of drug-likeness (QED) is 0.488. The van der Waals surface area contributed by atoms with Crippen LogP contribution in [-0.2, 0) is 4.84 Å². The summed E-state index contributed by atoms with van der Waals surface area (Å²) in [5, 5.41) is 5.78. The average Bonchev–Trinajstić information content (AvgIpc) is 2.98. The number of carbonyl (C=O) groups is 1. The normalized spacial score (nSPS) is 11.2. The maximum Gasteiger partial charge on any atom is 0.365 e. The number of ether oxygens (including phenoxy) is 1. The Labute approximate surface area is 115 Å². The number of rotatable bonds is 4. The van der Waals surface area contributed by atoms with Crippen LogP contribution in [0.3, 0.4) is 0 Å². The fourth-order valence-electron chi connectivity index (χ4n) is 1.42. The van der Waals surface area contributed by atoms with E-state index in [9.17, 15) is 4.79 Å². The topological polar surface area (TPSA) is 47.9 Å². The molecule has 0 fully saturated rings. The predicted molar refractivity (Wildman–Crippen MR) is 74.9 cm³/mol. The van der Waals surface area contributed by atoms with Crippen LogP contribution in [0.5, 0.6) is 5.75 Å². The largest absolute Gasteiger partial charge is 0.497 e. The summed E-state index contributed by atoms with van der Waals surface area (Å²) in [7, 11) is 1.57. The molecular weight excluding hydrogens is 262 g/mol. The summed E-state index contributed by atoms with van der Waals surface area (Å²) in [4.78, 5) is 17.6. The summed E-state index contributed by atoms with van der Waals surface area (Å²) >= 11 is 1.54. The van der Waals surface area contributed by atoms with Crippen LogP contribution in [-0.4, -0.2) is 18.8 Å². The van der Waals surface area contributed by atoms with Gasteiger partial charge in [0.1, 0.15) is 5.75 Å². The predicted octanol–water partition coefficient (Wildman–Crippen LogP) is 3.34. The van der Waals surface area contributed by atoms with Crippen LogP contribution in [0.1, 0.15) is 22.2 Å². The highest BCUT2D eigenvalue weighted by atomic mass is 32.1. The van der Waals surface area contributed by atoms with Gasteiger partial charge in [0.2, 0.25) is 0 Å². The fraction of sp³-hybridized carbons (Fsp3) is 0.143. The van der Waals surface area contributed by atoms with Crippen molar-refractivity contribution in [1.29, 1.82) is 0 Å². The van der Waals surface area contributed by atoms with E-state index in [-0.39, 0.29) is 0 Å². The van der Waals surface area contributed by atoms with Gasteiger partial charge in [0.15, 0.2) is 0 Å². The molecule has 0 atom stereocenters. The van der Waals surface area contributed by atoms with Gasteiger partial charge in [0.05, 0.1) is 23.3 Å². The van der Waals surface area contributed by atoms with Gasteiger partial charge in [-0.05, 0) is 42.6 Å². The molecule has 1 heterocycles. The van der Waals surface area contributed by atoms with E-state index in [1.165, 1.54) is 0 Å². The van der Waals surface area contributed by atoms with Crippen molar-refractivity contribution in [2.75, 3.05) is 7.11 Å². The van der Waals surface area contributed by atoms with Crippen LogP contribution in [0.25, 0.3) is 0 Å². The lowest BCUT2D eigenvalue weighted by Gasteiger charge is -2.01. The minimum absolute atomic E-state index is 0.434. The minimum atomic E-state index is -0.487. The zero-order valence-electron chi connectivity index (χ0n) is 10.6. The Hall–Kier alpha value is -2.14. The standard InChI is InChI=1S/C14H13NO3S/c1-10(13-4-3-9-19-13)15-18-14(16)11-5-7-12(17-2)8-6-11/h3-9H,1-2H3/b15-10-. The molecule has 2 rings (SSSR count). The summed E-state index contributed by atoms with van der Waals surface area (Å²) in [6.07, 6.45) is 0. The molecule has 98 valence electrons. The monoisotopic (exact) mass is 275 g/mol. The van der Waals surface area contributed by atoms with E-state index in [1.807, 2.05) is 17.5 Å². The van der Waals surface area contributed by atoms with Gasteiger partial charge in [-0.1, -0.05) is 11.2 Å². The Balaban J connectivity index is 2.02. The Kier molecular flexibility index (Phi) is 4.30. The number of nitrogens with zero attached hydrogens (tertiary/aromatic N) is 1. The van der Waals surface area contributed by atoms with Gasteiger partial charge < -0.3 is 9.57 Å². The van der Waals surface area contributed by atoms with Crippen molar-refractivity contribution in [2.45, 2.75) is 6.92 Å². The smallest absolute Gasteiger partial charge is 0.365 e. The minimum Gasteiger partial charge on any atom is -0.497 e. The summed E-state index contributed by atoms with van der Waals surface area (Å²) < 4.78 is 5.02. The molecule has 0 aliphatic rings. The molecule has 0 aliphatic heterocycles. The lowest BCUT2D eigenvalue weighted by molar-refractivity contribution is 0.0516. The molecule has 0 radical (unpaired) electrons. The van der Waals surface area contributed by atoms with Gasteiger partial charge in [-0.3, -0.25) is 0 Å². The van der Waals surface area contributed by atoms with Crippen molar-refractivity contribution in [2.24, 2.45) is 5.16 Å². The molecular formula is C14H13NO3S. The van der Waals surface area contributed by atoms with E-state index < -0.39 is 5.97 Å². The first-order valence-corrected chi connectivity index (χ1v) is 6.52. The zero-order chi connectivity index (χ0) is 13.7. The van der Waals surface area contributed by atoms with E-state index in [4.69, 9.17) is 9.57 Å². The van der Waals surface area contributed by atoms with Crippen LogP contribution < -0.4 is 4.74 Å². The SMILES string of the molecule is COc1ccc(C(=O)O/N=C(/C)c2cccs2)cc1. The number of hydrogen-bond donors (Lipinski definition) is 0. The maximum absolute atomic E-state index is 11.8. The molecule has 0 aliphatic carbocycles. The number of carbonyl (C=O) groups excluding carboxylic acids is 1. The molecule has 19 heavy (non-hydrogen) atoms. The Bertz CT molecular complexity index is 573. The van der Waals surface area contributed by atoms with E-state index in [2.05, 4.69) is 5.16 Å². The van der Waals surface area contributed by atoms with Crippen LogP contribution in [0.4, 0.5) is 0 Å². The number of methoxy groups -OCH3 is 1. The number of oxime groups is 1. The molecule has 5 heteroatoms. The molecule has 0 spiro atoms. The number of hydrogen-bond acceptors (Lipinski definition) is 5. The lowest BCUT2D eigenvalue weighted by atomic mass is 10.2. The summed E-state index contributed by atoms with van der Waals surface area (Å²) in [5.74, 6) is 0.202. The van der Waals surface area contributed by atoms with E-state index in [1.54, 1.807) is 49.6 Å². The third-order valence-electron chi connectivity index (χ3n) is 2.47. The second kappa shape index (κ2) is 6.15. The fourth-order valence-corrected chi connectivity index (χ4v) is 2.09. The van der Waals surface area contributed by atoms with Gasteiger partial charge >= 0.3 is 5.97 Å². The summed E-state index contributed by atoms with van der Waals surface area (Å²) in [5.41, 5.74) is 1.11. The highest BCUT2D eigenvalue weighted by molar-refractivity contribution is 7.12. The van der Waals surface area contributed by atoms with Crippen molar-refractivity contribution in [1.82, 2.24) is 0 Å². The molecule has 0 amide bonds. The molecule has 1 aromatic carbocycles. The molecule has 1 aromatic heterocycles. The van der Waals surface area contributed by atoms with Gasteiger partial charge in [-0.25, -0.2) is 4.79 Å². The summed E-state index contributed by atoms with van der Waals surface area (Å²) in [6, 6.07) is 10.5. The van der Waals surface area contributed by atoms with Crippen molar-refractivity contribution in [3.63, 3.8) is 0 Å². The highest BCUT2D eigenvalue weighted by Gasteiger charge is 2.08. The third-order valence-corrected chi connectivity index (χ3v) is 3.45. The van der Waals surface area contributed by atoms with Gasteiger partial charge in [-0.2, -0.15) is 0 Å². The van der Waals surface area contributed by atoms with Crippen molar-refractivity contribution >= 4 is 23.0 Å². The molecule has 0 saturated heterocycles. The van der Waals surface area contributed by atoms with E-state index >= 15 is 0 Å². The second-order valence-corrected chi connectivity index (χ2v) is 4.71. The Morgan fingerprint density at radius 3 is 2.53 bits per heavy atom. The van der Waals surface area contributed by atoms with E-state index in [0.717, 1.165) is 4.88 Å². The molecule has 2 aromatic rings. The maximum atomic E-state index is 11.8. The third kappa shape index (κ3) is 3.42. The van der Waals surface area contributed by atoms with Crippen LogP contribution in [0.15, 0.2) is 46.9 Å². The zero-order valence-corrected chi connectivity index (χ0v) is 11.4. The van der Waals surface area contributed by atoms with Crippen molar-refractivity contribution < 1.29 is 14.4 Å². The Morgan fingerprint density at radius 1 is 1.21 bits per heavy atom. The summed E-state index contributed by atoms with van der Waals surface area (Å²) in [6.45, 7) is 1.80. The molecule has 0 saturated carbocycles. The van der Waals surface area contributed by atoms with Crippen LogP contribution in [0.2, 0.25) is 0 Å². The number of thiophene rings is 1. The first-order valence-electron chi connectivity index (χ1n) is 5.64. The van der Waals surface area contributed by atoms with Gasteiger partial charge in [-0.15, -0.1) is 11.3 Å². The average molecular weight is 275 g/mol. The van der Waals surface area contributed by atoms with Crippen LogP contribution >= 0.6 is 11.3 Å². The van der Waals surface area contributed by atoms with Gasteiger partial charge in [0, 0.05) is 0 Å². The van der Waals surface area contributed by atoms with E-state index in [0.29, 0.717) is 17.0 Å². The molecule has 0 N–H and O–H groups in total. The second-order valence-electron chi connectivity index (χ2n) is 3.76. The highest BCUT2D eigenvalue weighted by Crippen LogP contribution is 2.13. The molecule has 4 nitrogen and oxygen atoms in total. The van der Waals surface area contributed by atoms with Crippen LogP contribution in [0, 0.1) is 0 Å². The van der Waals surface area contributed by atoms with Crippen molar-refractivity contribution in [3.05, 3.63) is 52.2 Å². The van der Waals surface area contributed by atoms with Crippen molar-refractivity contribution in [3.8, 4) is 5.75 Å². The lowest BCUT2D eigenvalue weighted by Crippen LogP contribution is -2.03. The Morgan fingerprint density at radius 2 is 1.95 bits per heavy atom. The first kappa shape index (κ1) is 13.3.